The van der Waals surface area contributed by atoms with Crippen molar-refractivity contribution in [3.8, 4) is 11.5 Å². The number of aromatic hydroxyl groups is 2. The van der Waals surface area contributed by atoms with E-state index in [1.165, 1.54) is 24.6 Å². The molecular formula is C20H20Br2N4O4. The Kier molecular flexibility index (Phi) is 9.00. The van der Waals surface area contributed by atoms with Gasteiger partial charge in [-0.05, 0) is 49.2 Å². The molecule has 2 aromatic carbocycles. The fourth-order valence-corrected chi connectivity index (χ4v) is 3.10. The molecule has 0 amide bonds. The maximum Gasteiger partial charge on any atom is 0.328 e. The molecule has 1 atom stereocenters. The van der Waals surface area contributed by atoms with Crippen molar-refractivity contribution in [2.24, 2.45) is 20.7 Å². The zero-order valence-corrected chi connectivity index (χ0v) is 18.9. The summed E-state index contributed by atoms with van der Waals surface area (Å²) >= 11 is 6.59. The predicted molar refractivity (Wildman–Crippen MR) is 124 cm³/mol. The first kappa shape index (κ1) is 23.6. The number of phenols is 2. The number of carboxylic acid groups (broad SMARTS) is 1. The topological polar surface area (TPSA) is 141 Å². The van der Waals surface area contributed by atoms with Gasteiger partial charge in [0.2, 0.25) is 5.96 Å². The first-order valence-corrected chi connectivity index (χ1v) is 10.4. The van der Waals surface area contributed by atoms with Gasteiger partial charge >= 0.3 is 5.97 Å². The quantitative estimate of drug-likeness (QED) is 0.230. The second-order valence-electron chi connectivity index (χ2n) is 6.18. The molecule has 8 nitrogen and oxygen atoms in total. The summed E-state index contributed by atoms with van der Waals surface area (Å²) in [6.07, 6.45) is 3.41. The van der Waals surface area contributed by atoms with Gasteiger partial charge in [-0.15, -0.1) is 0 Å². The SMILES string of the molecule is NC(N=Cc1cc(Br)ccc1O)=NCCCC(N=Cc1cc(Br)ccc1O)C(=O)O. The molecule has 0 saturated heterocycles. The van der Waals surface area contributed by atoms with Gasteiger partial charge in [-0.25, -0.2) is 9.79 Å². The number of carboxylic acids is 1. The molecule has 1 unspecified atom stereocenters. The van der Waals surface area contributed by atoms with Crippen LogP contribution in [0.15, 0.2) is 60.3 Å². The highest BCUT2D eigenvalue weighted by Gasteiger charge is 2.15. The van der Waals surface area contributed by atoms with E-state index in [9.17, 15) is 20.1 Å². The first-order chi connectivity index (χ1) is 14.3. The summed E-state index contributed by atoms with van der Waals surface area (Å²) in [6, 6.07) is 8.75. The van der Waals surface area contributed by atoms with Gasteiger partial charge < -0.3 is 21.1 Å². The molecule has 158 valence electrons. The van der Waals surface area contributed by atoms with E-state index in [1.807, 2.05) is 0 Å². The fraction of sp³-hybridized carbons (Fsp3) is 0.200. The first-order valence-electron chi connectivity index (χ1n) is 8.83. The van der Waals surface area contributed by atoms with E-state index < -0.39 is 12.0 Å². The number of nitrogens with two attached hydrogens (primary N) is 1. The monoisotopic (exact) mass is 538 g/mol. The number of guanidine groups is 1. The van der Waals surface area contributed by atoms with Gasteiger partial charge in [0.1, 0.15) is 17.5 Å². The Bertz CT molecular complexity index is 993. The maximum atomic E-state index is 11.4. The lowest BCUT2D eigenvalue weighted by Crippen LogP contribution is -2.18. The Morgan fingerprint density at radius 3 is 2.17 bits per heavy atom. The molecule has 0 spiro atoms. The van der Waals surface area contributed by atoms with Crippen LogP contribution in [0.1, 0.15) is 24.0 Å². The lowest BCUT2D eigenvalue weighted by Gasteiger charge is -2.07. The maximum absolute atomic E-state index is 11.4. The molecule has 2 aromatic rings. The number of aliphatic imine (C=N–C) groups is 3. The molecule has 0 bridgehead atoms. The summed E-state index contributed by atoms with van der Waals surface area (Å²) in [5.41, 5.74) is 6.64. The van der Waals surface area contributed by atoms with Crippen LogP contribution in [-0.4, -0.2) is 52.3 Å². The van der Waals surface area contributed by atoms with Gasteiger partial charge in [0.25, 0.3) is 0 Å². The van der Waals surface area contributed by atoms with Crippen LogP contribution in [0.5, 0.6) is 11.5 Å². The van der Waals surface area contributed by atoms with Crippen molar-refractivity contribution in [2.45, 2.75) is 18.9 Å². The standard InChI is InChI=1S/C20H20Br2N4O4/c21-14-3-5-17(27)12(8-14)10-25-16(19(29)30)2-1-7-24-20(23)26-11-13-9-15(22)4-6-18(13)28/h3-6,8-11,16,27-28H,1-2,7H2,(H2,23,24)(H,29,30). The van der Waals surface area contributed by atoms with E-state index in [1.54, 1.807) is 24.3 Å². The molecular weight excluding hydrogens is 520 g/mol. The third-order valence-electron chi connectivity index (χ3n) is 3.90. The summed E-state index contributed by atoms with van der Waals surface area (Å²) in [7, 11) is 0. The van der Waals surface area contributed by atoms with E-state index in [-0.39, 0.29) is 30.4 Å². The number of carbonyl (C=O) groups is 1. The van der Waals surface area contributed by atoms with Crippen molar-refractivity contribution in [1.29, 1.82) is 0 Å². The van der Waals surface area contributed by atoms with Crippen LogP contribution in [0.3, 0.4) is 0 Å². The predicted octanol–water partition coefficient (Wildman–Crippen LogP) is 3.71. The second-order valence-corrected chi connectivity index (χ2v) is 8.01. The molecule has 30 heavy (non-hydrogen) atoms. The number of benzene rings is 2. The third-order valence-corrected chi connectivity index (χ3v) is 4.89. The summed E-state index contributed by atoms with van der Waals surface area (Å²) in [6.45, 7) is 0.273. The molecule has 2 rings (SSSR count). The van der Waals surface area contributed by atoms with E-state index in [4.69, 9.17) is 5.73 Å². The molecule has 0 radical (unpaired) electrons. The van der Waals surface area contributed by atoms with E-state index in [2.05, 4.69) is 46.8 Å². The fourth-order valence-electron chi connectivity index (χ4n) is 2.34. The number of nitrogens with zero attached hydrogens (tertiary/aromatic N) is 3. The van der Waals surface area contributed by atoms with Crippen molar-refractivity contribution in [1.82, 2.24) is 0 Å². The van der Waals surface area contributed by atoms with Crippen LogP contribution >= 0.6 is 31.9 Å². The molecule has 0 aliphatic carbocycles. The van der Waals surface area contributed by atoms with Crippen molar-refractivity contribution < 1.29 is 20.1 Å². The van der Waals surface area contributed by atoms with Gasteiger partial charge in [-0.1, -0.05) is 31.9 Å². The number of rotatable bonds is 8. The van der Waals surface area contributed by atoms with E-state index in [0.717, 1.165) is 8.95 Å². The van der Waals surface area contributed by atoms with Crippen molar-refractivity contribution >= 4 is 56.2 Å². The van der Waals surface area contributed by atoms with Gasteiger partial charge in [0, 0.05) is 39.0 Å². The largest absolute Gasteiger partial charge is 0.507 e. The minimum atomic E-state index is -1.07. The number of aliphatic carboxylic acids is 1. The Balaban J connectivity index is 1.91. The second kappa shape index (κ2) is 11.5. The number of phenolic OH excluding ortho intramolecular Hbond substituents is 2. The lowest BCUT2D eigenvalue weighted by atomic mass is 10.1. The highest BCUT2D eigenvalue weighted by atomic mass is 79.9. The Morgan fingerprint density at radius 1 is 1.03 bits per heavy atom. The average Bonchev–Trinajstić information content (AvgIpc) is 2.70. The number of hydrogen-bond donors (Lipinski definition) is 4. The van der Waals surface area contributed by atoms with Crippen LogP contribution in [0.2, 0.25) is 0 Å². The highest BCUT2D eigenvalue weighted by molar-refractivity contribution is 9.10. The van der Waals surface area contributed by atoms with Crippen molar-refractivity contribution in [3.05, 3.63) is 56.5 Å². The van der Waals surface area contributed by atoms with Crippen LogP contribution in [0.25, 0.3) is 0 Å². The molecule has 0 aromatic heterocycles. The Morgan fingerprint density at radius 2 is 1.60 bits per heavy atom. The number of halogens is 2. The summed E-state index contributed by atoms with van der Waals surface area (Å²) < 4.78 is 1.53. The molecule has 0 aliphatic heterocycles. The minimum Gasteiger partial charge on any atom is -0.507 e. The van der Waals surface area contributed by atoms with Gasteiger partial charge in [0.15, 0.2) is 0 Å². The Hall–Kier alpha value is -2.72. The highest BCUT2D eigenvalue weighted by Crippen LogP contribution is 2.21. The van der Waals surface area contributed by atoms with Crippen molar-refractivity contribution in [3.63, 3.8) is 0 Å². The van der Waals surface area contributed by atoms with Gasteiger partial charge in [0.05, 0.1) is 0 Å². The molecule has 0 fully saturated rings. The van der Waals surface area contributed by atoms with Crippen LogP contribution < -0.4 is 5.73 Å². The number of hydrogen-bond acceptors (Lipinski definition) is 5. The zero-order valence-electron chi connectivity index (χ0n) is 15.7. The van der Waals surface area contributed by atoms with Gasteiger partial charge in [-0.3, -0.25) is 9.98 Å². The minimum absolute atomic E-state index is 0.0119. The Labute approximate surface area is 190 Å². The molecule has 0 aliphatic rings. The lowest BCUT2D eigenvalue weighted by molar-refractivity contribution is -0.138. The summed E-state index contributed by atoms with van der Waals surface area (Å²) in [5, 5.41) is 28.9. The normalized spacial score (nSPS) is 13.2. The van der Waals surface area contributed by atoms with Crippen molar-refractivity contribution in [2.75, 3.05) is 6.54 Å². The van der Waals surface area contributed by atoms with E-state index >= 15 is 0 Å². The zero-order chi connectivity index (χ0) is 22.1. The molecule has 10 heteroatoms. The molecule has 0 heterocycles. The smallest absolute Gasteiger partial charge is 0.328 e. The summed E-state index contributed by atoms with van der Waals surface area (Å²) in [4.78, 5) is 23.5. The van der Waals surface area contributed by atoms with Crippen LogP contribution in [0.4, 0.5) is 0 Å². The van der Waals surface area contributed by atoms with Gasteiger partial charge in [-0.2, -0.15) is 0 Å². The van der Waals surface area contributed by atoms with Crippen LogP contribution in [-0.2, 0) is 4.79 Å². The average molecular weight is 540 g/mol. The van der Waals surface area contributed by atoms with E-state index in [0.29, 0.717) is 17.5 Å². The third kappa shape index (κ3) is 7.60. The van der Waals surface area contributed by atoms with Crippen LogP contribution in [0, 0.1) is 0 Å². The molecule has 5 N–H and O–H groups in total. The summed E-state index contributed by atoms with van der Waals surface area (Å²) in [5.74, 6) is -0.976. The molecule has 0 saturated carbocycles.